The van der Waals surface area contributed by atoms with Crippen molar-refractivity contribution in [3.8, 4) is 0 Å². The quantitative estimate of drug-likeness (QED) is 0.0345. The minimum atomic E-state index is -0.760. The van der Waals surface area contributed by atoms with Gasteiger partial charge in [0.15, 0.2) is 6.10 Å². The molecular weight excluding hydrogens is 733 g/mol. The average Bonchev–Trinajstić information content (AvgIpc) is 3.22. The molecule has 0 saturated carbocycles. The highest BCUT2D eigenvalue weighted by atomic mass is 16.6. The van der Waals surface area contributed by atoms with Gasteiger partial charge in [-0.2, -0.15) is 0 Å². The van der Waals surface area contributed by atoms with Crippen LogP contribution in [-0.2, 0) is 28.6 Å². The third-order valence-corrected chi connectivity index (χ3v) is 12.0. The van der Waals surface area contributed by atoms with Crippen LogP contribution in [-0.4, -0.2) is 37.2 Å². The van der Waals surface area contributed by atoms with Crippen molar-refractivity contribution in [3.05, 3.63) is 0 Å². The molecule has 0 aromatic heterocycles. The van der Waals surface area contributed by atoms with Crippen LogP contribution in [0.4, 0.5) is 0 Å². The van der Waals surface area contributed by atoms with Crippen molar-refractivity contribution in [2.24, 2.45) is 5.92 Å². The molecule has 59 heavy (non-hydrogen) atoms. The first kappa shape index (κ1) is 57.4. The van der Waals surface area contributed by atoms with Crippen LogP contribution in [0.25, 0.3) is 0 Å². The molecule has 0 aliphatic carbocycles. The molecule has 6 nitrogen and oxygen atoms in total. The Morgan fingerprint density at radius 3 is 0.831 bits per heavy atom. The molecule has 1 atom stereocenters. The standard InChI is InChI=1S/C53H102O6/c1-5-7-9-11-13-15-17-19-20-25-29-33-37-41-45-52(55)58-48-50(47-57-51(54)44-40-36-32-28-24-18-16-14-12-10-8-6-2)59-53(56)46-42-38-34-30-26-22-21-23-27-31-35-39-43-49(3)4/h49-50H,5-48H2,1-4H3/t50-/m0/s1. The van der Waals surface area contributed by atoms with Crippen LogP contribution in [0.5, 0.6) is 0 Å². The smallest absolute Gasteiger partial charge is 0.306 e. The Balaban J connectivity index is 4.31. The molecule has 0 aliphatic heterocycles. The van der Waals surface area contributed by atoms with E-state index in [9.17, 15) is 14.4 Å². The summed E-state index contributed by atoms with van der Waals surface area (Å²) in [5.41, 5.74) is 0. The molecule has 0 rings (SSSR count). The highest BCUT2D eigenvalue weighted by Gasteiger charge is 2.19. The van der Waals surface area contributed by atoms with Crippen LogP contribution >= 0.6 is 0 Å². The Bertz CT molecular complexity index is 887. The highest BCUT2D eigenvalue weighted by Crippen LogP contribution is 2.17. The number of unbranched alkanes of at least 4 members (excludes halogenated alkanes) is 35. The zero-order chi connectivity index (χ0) is 43.1. The third-order valence-electron chi connectivity index (χ3n) is 12.0. The molecule has 0 heterocycles. The van der Waals surface area contributed by atoms with Gasteiger partial charge in [0.2, 0.25) is 0 Å². The van der Waals surface area contributed by atoms with Crippen molar-refractivity contribution in [1.29, 1.82) is 0 Å². The van der Waals surface area contributed by atoms with Gasteiger partial charge in [0, 0.05) is 19.3 Å². The second-order valence-electron chi connectivity index (χ2n) is 18.6. The first-order valence-electron chi connectivity index (χ1n) is 26.4. The van der Waals surface area contributed by atoms with Crippen LogP contribution in [0.15, 0.2) is 0 Å². The van der Waals surface area contributed by atoms with E-state index in [4.69, 9.17) is 14.2 Å². The van der Waals surface area contributed by atoms with Gasteiger partial charge in [-0.15, -0.1) is 0 Å². The van der Waals surface area contributed by atoms with Crippen LogP contribution in [0.3, 0.4) is 0 Å². The topological polar surface area (TPSA) is 78.9 Å². The minimum absolute atomic E-state index is 0.0625. The van der Waals surface area contributed by atoms with Crippen LogP contribution < -0.4 is 0 Å². The molecule has 0 N–H and O–H groups in total. The normalized spacial score (nSPS) is 11.9. The summed E-state index contributed by atoms with van der Waals surface area (Å²) in [5.74, 6) is -0.0103. The highest BCUT2D eigenvalue weighted by molar-refractivity contribution is 5.71. The van der Waals surface area contributed by atoms with E-state index in [1.165, 1.54) is 193 Å². The van der Waals surface area contributed by atoms with Crippen molar-refractivity contribution in [2.75, 3.05) is 13.2 Å². The molecular formula is C53H102O6. The van der Waals surface area contributed by atoms with E-state index in [1.54, 1.807) is 0 Å². The maximum Gasteiger partial charge on any atom is 0.306 e. The summed E-state index contributed by atoms with van der Waals surface area (Å²) < 4.78 is 16.8. The molecule has 350 valence electrons. The fourth-order valence-electron chi connectivity index (χ4n) is 8.04. The van der Waals surface area contributed by atoms with Gasteiger partial charge in [0.25, 0.3) is 0 Å². The number of hydrogen-bond acceptors (Lipinski definition) is 6. The SMILES string of the molecule is CCCCCCCCCCCCCCCCC(=O)OC[C@H](COC(=O)CCCCCCCCCCCCCC)OC(=O)CCCCCCCCCCCCCCC(C)C. The molecule has 0 radical (unpaired) electrons. The second kappa shape index (κ2) is 47.5. The van der Waals surface area contributed by atoms with Gasteiger partial charge in [-0.05, 0) is 25.2 Å². The number of carbonyl (C=O) groups excluding carboxylic acids is 3. The molecule has 0 spiro atoms. The molecule has 6 heteroatoms. The summed E-state index contributed by atoms with van der Waals surface area (Å²) >= 11 is 0. The van der Waals surface area contributed by atoms with E-state index in [0.29, 0.717) is 19.3 Å². The second-order valence-corrected chi connectivity index (χ2v) is 18.6. The monoisotopic (exact) mass is 835 g/mol. The Morgan fingerprint density at radius 2 is 0.559 bits per heavy atom. The number of carbonyl (C=O) groups is 3. The van der Waals surface area contributed by atoms with E-state index in [0.717, 1.165) is 63.7 Å². The lowest BCUT2D eigenvalue weighted by molar-refractivity contribution is -0.167. The zero-order valence-corrected chi connectivity index (χ0v) is 40.2. The number of hydrogen-bond donors (Lipinski definition) is 0. The van der Waals surface area contributed by atoms with Crippen molar-refractivity contribution in [2.45, 2.75) is 303 Å². The van der Waals surface area contributed by atoms with Crippen molar-refractivity contribution >= 4 is 17.9 Å². The Hall–Kier alpha value is -1.59. The fraction of sp³-hybridized carbons (Fsp3) is 0.943. The summed E-state index contributed by atoms with van der Waals surface area (Å²) in [4.78, 5) is 37.9. The summed E-state index contributed by atoms with van der Waals surface area (Å²) in [6.45, 7) is 9.03. The summed E-state index contributed by atoms with van der Waals surface area (Å²) in [6, 6.07) is 0. The van der Waals surface area contributed by atoms with E-state index < -0.39 is 6.10 Å². The summed E-state index contributed by atoms with van der Waals surface area (Å²) in [6.07, 6.45) is 49.4. The maximum atomic E-state index is 12.8. The van der Waals surface area contributed by atoms with E-state index in [1.807, 2.05) is 0 Å². The van der Waals surface area contributed by atoms with Gasteiger partial charge in [0.05, 0.1) is 0 Å². The Labute approximate surface area is 368 Å². The summed E-state index contributed by atoms with van der Waals surface area (Å²) in [5, 5.41) is 0. The Morgan fingerprint density at radius 1 is 0.322 bits per heavy atom. The molecule has 0 amide bonds. The average molecular weight is 835 g/mol. The van der Waals surface area contributed by atoms with Crippen LogP contribution in [0.1, 0.15) is 297 Å². The van der Waals surface area contributed by atoms with Gasteiger partial charge < -0.3 is 14.2 Å². The van der Waals surface area contributed by atoms with Crippen molar-refractivity contribution in [3.63, 3.8) is 0 Å². The van der Waals surface area contributed by atoms with Crippen molar-refractivity contribution in [1.82, 2.24) is 0 Å². The van der Waals surface area contributed by atoms with E-state index in [-0.39, 0.29) is 31.1 Å². The number of esters is 3. The van der Waals surface area contributed by atoms with Crippen LogP contribution in [0, 0.1) is 5.92 Å². The summed E-state index contributed by atoms with van der Waals surface area (Å²) in [7, 11) is 0. The lowest BCUT2D eigenvalue weighted by Gasteiger charge is -2.18. The zero-order valence-electron chi connectivity index (χ0n) is 40.2. The lowest BCUT2D eigenvalue weighted by atomic mass is 10.0. The molecule has 0 aromatic rings. The first-order chi connectivity index (χ1) is 28.9. The fourth-order valence-corrected chi connectivity index (χ4v) is 8.04. The first-order valence-corrected chi connectivity index (χ1v) is 26.4. The predicted octanol–water partition coefficient (Wildman–Crippen LogP) is 17.1. The largest absolute Gasteiger partial charge is 0.462 e. The molecule has 0 saturated heterocycles. The number of ether oxygens (including phenoxy) is 3. The van der Waals surface area contributed by atoms with Gasteiger partial charge in [-0.1, -0.05) is 259 Å². The van der Waals surface area contributed by atoms with Gasteiger partial charge in [-0.25, -0.2) is 0 Å². The lowest BCUT2D eigenvalue weighted by Crippen LogP contribution is -2.30. The molecule has 0 unspecified atom stereocenters. The van der Waals surface area contributed by atoms with E-state index in [2.05, 4.69) is 27.7 Å². The number of rotatable bonds is 48. The molecule has 0 bridgehead atoms. The van der Waals surface area contributed by atoms with Gasteiger partial charge in [0.1, 0.15) is 13.2 Å². The molecule has 0 aromatic carbocycles. The molecule has 0 aliphatic rings. The third kappa shape index (κ3) is 47.3. The molecule has 0 fully saturated rings. The van der Waals surface area contributed by atoms with Gasteiger partial charge >= 0.3 is 17.9 Å². The van der Waals surface area contributed by atoms with Crippen LogP contribution in [0.2, 0.25) is 0 Å². The minimum Gasteiger partial charge on any atom is -0.462 e. The van der Waals surface area contributed by atoms with E-state index >= 15 is 0 Å². The predicted molar refractivity (Wildman–Crippen MR) is 252 cm³/mol. The van der Waals surface area contributed by atoms with Gasteiger partial charge in [-0.3, -0.25) is 14.4 Å². The Kier molecular flexibility index (Phi) is 46.2. The van der Waals surface area contributed by atoms with Crippen molar-refractivity contribution < 1.29 is 28.6 Å². The maximum absolute atomic E-state index is 12.8.